The second-order valence-corrected chi connectivity index (χ2v) is 8.05. The van der Waals surface area contributed by atoms with Gasteiger partial charge in [-0.15, -0.1) is 0 Å². The number of hydrogen-bond acceptors (Lipinski definition) is 2. The van der Waals surface area contributed by atoms with Crippen LogP contribution in [0.2, 0.25) is 0 Å². The van der Waals surface area contributed by atoms with Crippen molar-refractivity contribution in [2.75, 3.05) is 13.2 Å². The van der Waals surface area contributed by atoms with Gasteiger partial charge in [0, 0.05) is 12.6 Å². The molecule has 0 aromatic heterocycles. The van der Waals surface area contributed by atoms with Crippen LogP contribution in [0.3, 0.4) is 0 Å². The van der Waals surface area contributed by atoms with Gasteiger partial charge < -0.3 is 10.1 Å². The van der Waals surface area contributed by atoms with Gasteiger partial charge >= 0.3 is 0 Å². The highest BCUT2D eigenvalue weighted by Crippen LogP contribution is 2.58. The van der Waals surface area contributed by atoms with Crippen LogP contribution in [0.15, 0.2) is 42.0 Å². The van der Waals surface area contributed by atoms with Gasteiger partial charge in [0.25, 0.3) is 0 Å². The van der Waals surface area contributed by atoms with Crippen LogP contribution in [-0.4, -0.2) is 19.1 Å². The lowest BCUT2D eigenvalue weighted by Gasteiger charge is -2.05. The number of rotatable bonds is 9. The van der Waals surface area contributed by atoms with Gasteiger partial charge in [-0.1, -0.05) is 51.0 Å². The molecule has 142 valence electrons. The SMILES string of the molecule is CCCCOc1ccc(/C=C/C(=O)NC[C@@H]2[C@H](C=C(C)C)C2(C)C)cc1. The molecule has 0 spiro atoms. The first-order chi connectivity index (χ1) is 12.3. The molecular formula is C23H33NO2. The Bertz CT molecular complexity index is 651. The van der Waals surface area contributed by atoms with Crippen LogP contribution < -0.4 is 10.1 Å². The molecular weight excluding hydrogens is 322 g/mol. The minimum Gasteiger partial charge on any atom is -0.494 e. The van der Waals surface area contributed by atoms with E-state index in [-0.39, 0.29) is 11.3 Å². The Hall–Kier alpha value is -2.03. The Morgan fingerprint density at radius 2 is 1.92 bits per heavy atom. The maximum absolute atomic E-state index is 12.1. The first-order valence-electron chi connectivity index (χ1n) is 9.68. The quantitative estimate of drug-likeness (QED) is 0.374. The van der Waals surface area contributed by atoms with Gasteiger partial charge in [-0.2, -0.15) is 0 Å². The average molecular weight is 356 g/mol. The van der Waals surface area contributed by atoms with E-state index in [1.807, 2.05) is 30.3 Å². The first-order valence-corrected chi connectivity index (χ1v) is 9.68. The number of nitrogens with one attached hydrogen (secondary N) is 1. The van der Waals surface area contributed by atoms with E-state index in [2.05, 4.69) is 46.0 Å². The molecule has 1 amide bonds. The fourth-order valence-corrected chi connectivity index (χ4v) is 3.32. The number of carbonyl (C=O) groups excluding carboxylic acids is 1. The molecule has 26 heavy (non-hydrogen) atoms. The maximum Gasteiger partial charge on any atom is 0.244 e. The van der Waals surface area contributed by atoms with E-state index in [1.165, 1.54) is 5.57 Å². The van der Waals surface area contributed by atoms with Crippen LogP contribution in [0.1, 0.15) is 53.0 Å². The highest BCUT2D eigenvalue weighted by molar-refractivity contribution is 5.91. The molecule has 1 fully saturated rings. The molecule has 2 atom stereocenters. The highest BCUT2D eigenvalue weighted by Gasteiger charge is 2.55. The van der Waals surface area contributed by atoms with Gasteiger partial charge in [0.2, 0.25) is 5.91 Å². The van der Waals surface area contributed by atoms with Gasteiger partial charge in [0.15, 0.2) is 0 Å². The monoisotopic (exact) mass is 355 g/mol. The van der Waals surface area contributed by atoms with E-state index in [0.717, 1.165) is 37.3 Å². The number of hydrogen-bond donors (Lipinski definition) is 1. The smallest absolute Gasteiger partial charge is 0.244 e. The average Bonchev–Trinajstić information content (AvgIpc) is 3.10. The third-order valence-corrected chi connectivity index (χ3v) is 5.22. The topological polar surface area (TPSA) is 38.3 Å². The summed E-state index contributed by atoms with van der Waals surface area (Å²) in [7, 11) is 0. The second-order valence-electron chi connectivity index (χ2n) is 8.05. The zero-order valence-corrected chi connectivity index (χ0v) is 16.8. The van der Waals surface area contributed by atoms with Crippen molar-refractivity contribution in [2.45, 2.75) is 47.5 Å². The Labute approximate surface area is 158 Å². The molecule has 1 N–H and O–H groups in total. The largest absolute Gasteiger partial charge is 0.494 e. The molecule has 1 aliphatic rings. The van der Waals surface area contributed by atoms with E-state index in [4.69, 9.17) is 4.74 Å². The Morgan fingerprint density at radius 1 is 1.23 bits per heavy atom. The molecule has 1 aromatic carbocycles. The molecule has 0 bridgehead atoms. The van der Waals surface area contributed by atoms with Gasteiger partial charge in [0.1, 0.15) is 5.75 Å². The van der Waals surface area contributed by atoms with Crippen molar-refractivity contribution in [3.05, 3.63) is 47.6 Å². The van der Waals surface area contributed by atoms with Crippen molar-refractivity contribution in [3.63, 3.8) is 0 Å². The van der Waals surface area contributed by atoms with Crippen LogP contribution in [0.5, 0.6) is 5.75 Å². The Balaban J connectivity index is 1.78. The first kappa shape index (κ1) is 20.3. The summed E-state index contributed by atoms with van der Waals surface area (Å²) in [5.74, 6) is 1.93. The van der Waals surface area contributed by atoms with Crippen LogP contribution in [0.4, 0.5) is 0 Å². The molecule has 0 unspecified atom stereocenters. The van der Waals surface area contributed by atoms with E-state index >= 15 is 0 Å². The molecule has 0 saturated heterocycles. The molecule has 0 aliphatic heterocycles. The van der Waals surface area contributed by atoms with Crippen molar-refractivity contribution in [3.8, 4) is 5.75 Å². The molecule has 3 nitrogen and oxygen atoms in total. The fraction of sp³-hybridized carbons (Fsp3) is 0.522. The molecule has 3 heteroatoms. The van der Waals surface area contributed by atoms with E-state index < -0.39 is 0 Å². The van der Waals surface area contributed by atoms with Crippen LogP contribution in [0, 0.1) is 17.3 Å². The van der Waals surface area contributed by atoms with Gasteiger partial charge in [-0.05, 0) is 61.3 Å². The van der Waals surface area contributed by atoms with Crippen LogP contribution in [0.25, 0.3) is 6.08 Å². The summed E-state index contributed by atoms with van der Waals surface area (Å²) < 4.78 is 5.65. The van der Waals surface area contributed by atoms with Gasteiger partial charge in [0.05, 0.1) is 6.61 Å². The molecule has 0 heterocycles. The predicted octanol–water partition coefficient (Wildman–Crippen LogP) is 5.23. The number of allylic oxidation sites excluding steroid dienone is 2. The third-order valence-electron chi connectivity index (χ3n) is 5.22. The van der Waals surface area contributed by atoms with E-state index in [0.29, 0.717) is 11.8 Å². The Morgan fingerprint density at radius 3 is 2.54 bits per heavy atom. The second kappa shape index (κ2) is 9.07. The highest BCUT2D eigenvalue weighted by atomic mass is 16.5. The van der Waals surface area contributed by atoms with Crippen molar-refractivity contribution in [1.82, 2.24) is 5.32 Å². The zero-order valence-electron chi connectivity index (χ0n) is 16.8. The number of benzene rings is 1. The number of amides is 1. The summed E-state index contributed by atoms with van der Waals surface area (Å²) in [5, 5.41) is 3.04. The lowest BCUT2D eigenvalue weighted by atomic mass is 10.1. The van der Waals surface area contributed by atoms with Crippen molar-refractivity contribution >= 4 is 12.0 Å². The minimum atomic E-state index is -0.0353. The molecule has 1 aliphatic carbocycles. The summed E-state index contributed by atoms with van der Waals surface area (Å²) in [5.41, 5.74) is 2.62. The number of carbonyl (C=O) groups is 1. The summed E-state index contributed by atoms with van der Waals surface area (Å²) >= 11 is 0. The standard InChI is InChI=1S/C23H33NO2/c1-6-7-14-26-19-11-8-18(9-12-19)10-13-22(25)24-16-21-20(15-17(2)3)23(21,4)5/h8-13,15,20-21H,6-7,14,16H2,1-5H3,(H,24,25)/b13-10+/t20-,21+/m0/s1. The van der Waals surface area contributed by atoms with Gasteiger partial charge in [-0.3, -0.25) is 4.79 Å². The zero-order chi connectivity index (χ0) is 19.2. The van der Waals surface area contributed by atoms with Gasteiger partial charge in [-0.25, -0.2) is 0 Å². The normalized spacial score (nSPS) is 20.7. The van der Waals surface area contributed by atoms with Crippen LogP contribution >= 0.6 is 0 Å². The summed E-state index contributed by atoms with van der Waals surface area (Å²) in [6.45, 7) is 12.4. The summed E-state index contributed by atoms with van der Waals surface area (Å²) in [4.78, 5) is 12.1. The number of unbranched alkanes of at least 4 members (excludes halogenated alkanes) is 1. The molecule has 1 saturated carbocycles. The summed E-state index contributed by atoms with van der Waals surface area (Å²) in [6.07, 6.45) is 7.98. The third kappa shape index (κ3) is 5.76. The van der Waals surface area contributed by atoms with E-state index in [9.17, 15) is 4.79 Å². The number of ether oxygens (including phenoxy) is 1. The fourth-order valence-electron chi connectivity index (χ4n) is 3.32. The molecule has 0 radical (unpaired) electrons. The van der Waals surface area contributed by atoms with Crippen molar-refractivity contribution < 1.29 is 9.53 Å². The molecule has 2 rings (SSSR count). The van der Waals surface area contributed by atoms with Crippen molar-refractivity contribution in [2.24, 2.45) is 17.3 Å². The lowest BCUT2D eigenvalue weighted by molar-refractivity contribution is -0.116. The van der Waals surface area contributed by atoms with E-state index in [1.54, 1.807) is 6.08 Å². The van der Waals surface area contributed by atoms with Crippen LogP contribution in [-0.2, 0) is 4.79 Å². The predicted molar refractivity (Wildman–Crippen MR) is 109 cm³/mol. The summed E-state index contributed by atoms with van der Waals surface area (Å²) in [6, 6.07) is 7.84. The van der Waals surface area contributed by atoms with Crippen molar-refractivity contribution in [1.29, 1.82) is 0 Å². The minimum absolute atomic E-state index is 0.0353. The maximum atomic E-state index is 12.1. The lowest BCUT2D eigenvalue weighted by Crippen LogP contribution is -2.24. The molecule has 1 aromatic rings. The Kier molecular flexibility index (Phi) is 7.07.